The van der Waals surface area contributed by atoms with Crippen molar-refractivity contribution in [2.45, 2.75) is 13.0 Å². The number of benzene rings is 2. The van der Waals surface area contributed by atoms with Crippen LogP contribution in [-0.2, 0) is 0 Å². The topological polar surface area (TPSA) is 24.5 Å². The highest BCUT2D eigenvalue weighted by Gasteiger charge is 2.27. The fraction of sp³-hybridized carbons (Fsp3) is 0.368. The largest absolute Gasteiger partial charge is 0.494 e. The molecule has 1 heterocycles. The van der Waals surface area contributed by atoms with Gasteiger partial charge in [0.2, 0.25) is 0 Å². The molecular formula is C19H21Cl3N2O. The molecule has 1 saturated heterocycles. The van der Waals surface area contributed by atoms with Gasteiger partial charge >= 0.3 is 0 Å². The van der Waals surface area contributed by atoms with Crippen molar-refractivity contribution >= 4 is 34.8 Å². The highest BCUT2D eigenvalue weighted by Crippen LogP contribution is 2.38. The highest BCUT2D eigenvalue weighted by molar-refractivity contribution is 6.42. The Balaban J connectivity index is 2.10. The Morgan fingerprint density at radius 2 is 1.80 bits per heavy atom. The molecule has 2 aromatic carbocycles. The van der Waals surface area contributed by atoms with Gasteiger partial charge in [-0.1, -0.05) is 40.9 Å². The van der Waals surface area contributed by atoms with Crippen molar-refractivity contribution in [3.63, 3.8) is 0 Å². The lowest BCUT2D eigenvalue weighted by atomic mass is 9.95. The van der Waals surface area contributed by atoms with Gasteiger partial charge in [0, 0.05) is 36.8 Å². The number of hydrogen-bond donors (Lipinski definition) is 1. The van der Waals surface area contributed by atoms with Gasteiger partial charge in [-0.05, 0) is 42.8 Å². The third kappa shape index (κ3) is 4.42. The maximum Gasteiger partial charge on any atom is 0.124 e. The second-order valence-corrected chi connectivity index (χ2v) is 7.23. The van der Waals surface area contributed by atoms with Crippen LogP contribution in [0.5, 0.6) is 5.75 Å². The molecule has 25 heavy (non-hydrogen) atoms. The van der Waals surface area contributed by atoms with Crippen molar-refractivity contribution in [2.24, 2.45) is 0 Å². The van der Waals surface area contributed by atoms with Crippen molar-refractivity contribution in [3.8, 4) is 5.75 Å². The third-order valence-electron chi connectivity index (χ3n) is 4.34. The molecule has 0 aliphatic carbocycles. The molecule has 1 atom stereocenters. The molecule has 1 aliphatic rings. The quantitative estimate of drug-likeness (QED) is 0.762. The number of rotatable bonds is 5. The maximum absolute atomic E-state index is 6.31. The number of ether oxygens (including phenoxy) is 1. The summed E-state index contributed by atoms with van der Waals surface area (Å²) in [5.41, 5.74) is 2.13. The molecule has 1 N–H and O–H groups in total. The first-order valence-corrected chi connectivity index (χ1v) is 9.55. The van der Waals surface area contributed by atoms with Gasteiger partial charge in [0.05, 0.1) is 22.7 Å². The van der Waals surface area contributed by atoms with E-state index in [0.29, 0.717) is 21.7 Å². The molecule has 1 unspecified atom stereocenters. The van der Waals surface area contributed by atoms with Crippen LogP contribution in [0.2, 0.25) is 15.1 Å². The van der Waals surface area contributed by atoms with Crippen molar-refractivity contribution < 1.29 is 4.74 Å². The Kier molecular flexibility index (Phi) is 6.48. The van der Waals surface area contributed by atoms with E-state index in [1.54, 1.807) is 0 Å². The number of halogens is 3. The summed E-state index contributed by atoms with van der Waals surface area (Å²) in [5.74, 6) is 0.849. The third-order valence-corrected chi connectivity index (χ3v) is 5.32. The minimum absolute atomic E-state index is 0.0112. The van der Waals surface area contributed by atoms with Gasteiger partial charge in [0.1, 0.15) is 5.75 Å². The molecular weight excluding hydrogens is 379 g/mol. The van der Waals surface area contributed by atoms with Crippen LogP contribution in [-0.4, -0.2) is 37.7 Å². The van der Waals surface area contributed by atoms with Gasteiger partial charge in [-0.2, -0.15) is 0 Å². The second kappa shape index (κ2) is 8.61. The molecule has 134 valence electrons. The molecule has 0 bridgehead atoms. The van der Waals surface area contributed by atoms with Gasteiger partial charge in [-0.15, -0.1) is 0 Å². The Morgan fingerprint density at radius 3 is 2.48 bits per heavy atom. The first kappa shape index (κ1) is 18.8. The van der Waals surface area contributed by atoms with Crippen LogP contribution in [0, 0.1) is 0 Å². The average molecular weight is 400 g/mol. The van der Waals surface area contributed by atoms with Gasteiger partial charge in [-0.3, -0.25) is 4.90 Å². The Morgan fingerprint density at radius 1 is 1.04 bits per heavy atom. The molecule has 1 fully saturated rings. The number of piperazine rings is 1. The zero-order valence-electron chi connectivity index (χ0n) is 14.1. The van der Waals surface area contributed by atoms with Crippen LogP contribution in [0.15, 0.2) is 36.4 Å². The summed E-state index contributed by atoms with van der Waals surface area (Å²) in [5, 5.41) is 5.20. The highest BCUT2D eigenvalue weighted by atomic mass is 35.5. The van der Waals surface area contributed by atoms with Crippen molar-refractivity contribution in [1.29, 1.82) is 0 Å². The van der Waals surface area contributed by atoms with E-state index in [1.165, 1.54) is 0 Å². The van der Waals surface area contributed by atoms with Crippen LogP contribution in [0.1, 0.15) is 24.1 Å². The molecule has 0 amide bonds. The number of hydrogen-bond acceptors (Lipinski definition) is 3. The van der Waals surface area contributed by atoms with E-state index in [2.05, 4.69) is 10.2 Å². The van der Waals surface area contributed by atoms with Crippen molar-refractivity contribution in [3.05, 3.63) is 62.6 Å². The summed E-state index contributed by atoms with van der Waals surface area (Å²) in [6, 6.07) is 11.6. The Hall–Kier alpha value is -0.970. The van der Waals surface area contributed by atoms with Crippen LogP contribution < -0.4 is 10.1 Å². The maximum atomic E-state index is 6.31. The van der Waals surface area contributed by atoms with E-state index < -0.39 is 0 Å². The molecule has 1 aliphatic heterocycles. The fourth-order valence-electron chi connectivity index (χ4n) is 3.23. The molecule has 3 nitrogen and oxygen atoms in total. The molecule has 0 saturated carbocycles. The lowest BCUT2D eigenvalue weighted by Crippen LogP contribution is -2.45. The average Bonchev–Trinajstić information content (AvgIpc) is 2.61. The van der Waals surface area contributed by atoms with Crippen LogP contribution in [0.4, 0.5) is 0 Å². The van der Waals surface area contributed by atoms with Gasteiger partial charge < -0.3 is 10.1 Å². The molecule has 0 spiro atoms. The summed E-state index contributed by atoms with van der Waals surface area (Å²) in [6.45, 7) is 6.35. The monoisotopic (exact) mass is 398 g/mol. The fourth-order valence-corrected chi connectivity index (χ4v) is 3.72. The SMILES string of the molecule is CCOc1ccc(Cl)cc1C(c1ccc(Cl)c(Cl)c1)N1CCNCC1. The lowest BCUT2D eigenvalue weighted by Gasteiger charge is -2.36. The Labute approximate surface area is 163 Å². The lowest BCUT2D eigenvalue weighted by molar-refractivity contribution is 0.194. The standard InChI is InChI=1S/C19H21Cl3N2O/c1-2-25-18-6-4-14(20)12-15(18)19(24-9-7-23-8-10-24)13-3-5-16(21)17(22)11-13/h3-6,11-12,19,23H,2,7-10H2,1H3. The van der Waals surface area contributed by atoms with E-state index in [-0.39, 0.29) is 6.04 Å². The van der Waals surface area contributed by atoms with Gasteiger partial charge in [-0.25, -0.2) is 0 Å². The van der Waals surface area contributed by atoms with E-state index in [4.69, 9.17) is 39.5 Å². The minimum atomic E-state index is 0.0112. The number of nitrogens with zero attached hydrogens (tertiary/aromatic N) is 1. The van der Waals surface area contributed by atoms with E-state index in [1.807, 2.05) is 43.3 Å². The van der Waals surface area contributed by atoms with Crippen LogP contribution in [0.3, 0.4) is 0 Å². The minimum Gasteiger partial charge on any atom is -0.494 e. The zero-order valence-corrected chi connectivity index (χ0v) is 16.3. The summed E-state index contributed by atoms with van der Waals surface area (Å²) in [6.07, 6.45) is 0. The summed E-state index contributed by atoms with van der Waals surface area (Å²) < 4.78 is 5.88. The van der Waals surface area contributed by atoms with Crippen molar-refractivity contribution in [1.82, 2.24) is 10.2 Å². The molecule has 0 aromatic heterocycles. The molecule has 3 rings (SSSR count). The predicted molar refractivity (Wildman–Crippen MR) is 105 cm³/mol. The van der Waals surface area contributed by atoms with Gasteiger partial charge in [0.15, 0.2) is 0 Å². The normalized spacial score (nSPS) is 16.6. The predicted octanol–water partition coefficient (Wildman–Crippen LogP) is 5.04. The van der Waals surface area contributed by atoms with E-state index in [0.717, 1.165) is 43.1 Å². The zero-order chi connectivity index (χ0) is 17.8. The molecule has 0 radical (unpaired) electrons. The Bertz CT molecular complexity index is 733. The first-order chi connectivity index (χ1) is 12.1. The molecule has 2 aromatic rings. The summed E-state index contributed by atoms with van der Waals surface area (Å²) in [4.78, 5) is 2.42. The van der Waals surface area contributed by atoms with E-state index in [9.17, 15) is 0 Å². The second-order valence-electron chi connectivity index (χ2n) is 5.98. The van der Waals surface area contributed by atoms with E-state index >= 15 is 0 Å². The molecule has 6 heteroatoms. The first-order valence-electron chi connectivity index (χ1n) is 8.42. The smallest absolute Gasteiger partial charge is 0.124 e. The van der Waals surface area contributed by atoms with Crippen LogP contribution in [0.25, 0.3) is 0 Å². The van der Waals surface area contributed by atoms with Crippen molar-refractivity contribution in [2.75, 3.05) is 32.8 Å². The summed E-state index contributed by atoms with van der Waals surface area (Å²) in [7, 11) is 0. The number of nitrogens with one attached hydrogen (secondary N) is 1. The van der Waals surface area contributed by atoms with Crippen LogP contribution >= 0.6 is 34.8 Å². The summed E-state index contributed by atoms with van der Waals surface area (Å²) >= 11 is 18.7. The van der Waals surface area contributed by atoms with Gasteiger partial charge in [0.25, 0.3) is 0 Å².